The van der Waals surface area contributed by atoms with Crippen molar-refractivity contribution in [2.75, 3.05) is 7.11 Å². The van der Waals surface area contributed by atoms with E-state index >= 15 is 0 Å². The van der Waals surface area contributed by atoms with Gasteiger partial charge in [-0.25, -0.2) is 0 Å². The second kappa shape index (κ2) is 6.31. The summed E-state index contributed by atoms with van der Waals surface area (Å²) >= 11 is 0. The van der Waals surface area contributed by atoms with Crippen molar-refractivity contribution in [2.45, 2.75) is 6.54 Å². The number of hydrogen-bond donors (Lipinski definition) is 2. The number of methoxy groups -OCH3 is 1. The van der Waals surface area contributed by atoms with E-state index < -0.39 is 5.91 Å². The van der Waals surface area contributed by atoms with E-state index in [-0.39, 0.29) is 17.5 Å². The van der Waals surface area contributed by atoms with Crippen LogP contribution in [0.4, 0.5) is 0 Å². The monoisotopic (exact) mass is 309 g/mol. The lowest BCUT2D eigenvalue weighted by atomic mass is 10.1. The topological polar surface area (TPSA) is 84.1 Å². The number of aromatic amines is 1. The minimum atomic E-state index is -0.443. The number of benzene rings is 1. The fourth-order valence-electron chi connectivity index (χ4n) is 2.26. The van der Waals surface area contributed by atoms with E-state index in [1.807, 2.05) is 6.07 Å². The average molecular weight is 309 g/mol. The summed E-state index contributed by atoms with van der Waals surface area (Å²) in [6.07, 6.45) is 3.07. The van der Waals surface area contributed by atoms with Crippen molar-refractivity contribution in [3.63, 3.8) is 0 Å². The van der Waals surface area contributed by atoms with Crippen molar-refractivity contribution < 1.29 is 9.53 Å². The number of nitrogens with zero attached hydrogens (tertiary/aromatic N) is 1. The predicted molar refractivity (Wildman–Crippen MR) is 86.5 cm³/mol. The Kier molecular flexibility index (Phi) is 4.05. The highest BCUT2D eigenvalue weighted by atomic mass is 16.5. The zero-order valence-electron chi connectivity index (χ0n) is 12.5. The summed E-state index contributed by atoms with van der Waals surface area (Å²) in [5.41, 5.74) is 1.09. The van der Waals surface area contributed by atoms with Gasteiger partial charge in [0.05, 0.1) is 19.3 Å². The van der Waals surface area contributed by atoms with Gasteiger partial charge >= 0.3 is 0 Å². The van der Waals surface area contributed by atoms with Gasteiger partial charge in [-0.3, -0.25) is 14.6 Å². The van der Waals surface area contributed by atoms with Gasteiger partial charge in [-0.15, -0.1) is 0 Å². The molecule has 0 aliphatic heterocycles. The zero-order chi connectivity index (χ0) is 16.2. The molecule has 6 heteroatoms. The number of nitrogens with one attached hydrogen (secondary N) is 2. The van der Waals surface area contributed by atoms with Gasteiger partial charge in [-0.1, -0.05) is 6.07 Å². The first kappa shape index (κ1) is 14.8. The van der Waals surface area contributed by atoms with E-state index in [0.717, 1.165) is 5.69 Å². The lowest BCUT2D eigenvalue weighted by molar-refractivity contribution is 0.0949. The zero-order valence-corrected chi connectivity index (χ0v) is 12.5. The van der Waals surface area contributed by atoms with Crippen LogP contribution in [0.1, 0.15) is 16.1 Å². The van der Waals surface area contributed by atoms with E-state index in [1.165, 1.54) is 13.3 Å². The molecule has 2 aromatic heterocycles. The van der Waals surface area contributed by atoms with Crippen LogP contribution in [0.3, 0.4) is 0 Å². The maximum absolute atomic E-state index is 12.5. The van der Waals surface area contributed by atoms with Crippen molar-refractivity contribution in [3.8, 4) is 5.75 Å². The summed E-state index contributed by atoms with van der Waals surface area (Å²) in [5, 5.41) is 3.11. The molecule has 0 unspecified atom stereocenters. The number of ether oxygens (including phenoxy) is 1. The van der Waals surface area contributed by atoms with Gasteiger partial charge in [0.2, 0.25) is 5.43 Å². The fourth-order valence-corrected chi connectivity index (χ4v) is 2.26. The van der Waals surface area contributed by atoms with Crippen LogP contribution >= 0.6 is 0 Å². The minimum Gasteiger partial charge on any atom is -0.497 e. The van der Waals surface area contributed by atoms with Gasteiger partial charge in [0.1, 0.15) is 11.3 Å². The Labute approximate surface area is 132 Å². The highest BCUT2D eigenvalue weighted by Gasteiger charge is 2.13. The molecule has 2 N–H and O–H groups in total. The molecule has 0 fully saturated rings. The van der Waals surface area contributed by atoms with Crippen molar-refractivity contribution in [1.82, 2.24) is 15.3 Å². The molecule has 0 spiro atoms. The molecule has 23 heavy (non-hydrogen) atoms. The molecule has 0 aliphatic rings. The van der Waals surface area contributed by atoms with Crippen LogP contribution in [-0.4, -0.2) is 23.0 Å². The van der Waals surface area contributed by atoms with Crippen LogP contribution < -0.4 is 15.5 Å². The Morgan fingerprint density at radius 3 is 2.91 bits per heavy atom. The van der Waals surface area contributed by atoms with E-state index in [4.69, 9.17) is 4.74 Å². The number of fused-ring (bicyclic) bond motifs is 1. The lowest BCUT2D eigenvalue weighted by Gasteiger charge is -2.06. The number of carbonyl (C=O) groups is 1. The van der Waals surface area contributed by atoms with Crippen LogP contribution in [0.5, 0.6) is 5.75 Å². The molecule has 0 saturated heterocycles. The summed E-state index contributed by atoms with van der Waals surface area (Å²) in [7, 11) is 1.53. The van der Waals surface area contributed by atoms with Crippen molar-refractivity contribution in [2.24, 2.45) is 0 Å². The molecular formula is C17H15N3O3. The number of H-pyrrole nitrogens is 1. The van der Waals surface area contributed by atoms with Gasteiger partial charge in [-0.2, -0.15) is 0 Å². The third-order valence-corrected chi connectivity index (χ3v) is 3.49. The Morgan fingerprint density at radius 1 is 1.30 bits per heavy atom. The molecule has 0 bridgehead atoms. The number of rotatable bonds is 4. The van der Waals surface area contributed by atoms with E-state index in [9.17, 15) is 9.59 Å². The van der Waals surface area contributed by atoms with Crippen molar-refractivity contribution >= 4 is 16.8 Å². The van der Waals surface area contributed by atoms with E-state index in [1.54, 1.807) is 36.5 Å². The van der Waals surface area contributed by atoms with Crippen LogP contribution in [0.15, 0.2) is 53.6 Å². The number of aromatic nitrogens is 2. The van der Waals surface area contributed by atoms with E-state index in [0.29, 0.717) is 16.7 Å². The summed E-state index contributed by atoms with van der Waals surface area (Å²) in [6.45, 7) is 0.259. The fraction of sp³-hybridized carbons (Fsp3) is 0.118. The normalized spacial score (nSPS) is 10.5. The molecule has 0 atom stereocenters. The molecule has 0 radical (unpaired) electrons. The largest absolute Gasteiger partial charge is 0.497 e. The quantitative estimate of drug-likeness (QED) is 0.770. The average Bonchev–Trinajstić information content (AvgIpc) is 2.60. The first-order valence-electron chi connectivity index (χ1n) is 7.06. The summed E-state index contributed by atoms with van der Waals surface area (Å²) in [4.78, 5) is 31.8. The second-order valence-electron chi connectivity index (χ2n) is 4.95. The smallest absolute Gasteiger partial charge is 0.257 e. The van der Waals surface area contributed by atoms with Gasteiger partial charge < -0.3 is 15.0 Å². The summed E-state index contributed by atoms with van der Waals surface area (Å²) < 4.78 is 5.12. The number of carbonyl (C=O) groups excluding carboxylic acids is 1. The lowest BCUT2D eigenvalue weighted by Crippen LogP contribution is -2.28. The van der Waals surface area contributed by atoms with Gasteiger partial charge in [-0.05, 0) is 30.3 Å². The Morgan fingerprint density at radius 2 is 2.17 bits per heavy atom. The molecule has 0 saturated carbocycles. The molecule has 3 rings (SSSR count). The van der Waals surface area contributed by atoms with Gasteiger partial charge in [0.15, 0.2) is 0 Å². The van der Waals surface area contributed by atoms with Crippen LogP contribution in [0.2, 0.25) is 0 Å². The minimum absolute atomic E-state index is 0.0571. The summed E-state index contributed by atoms with van der Waals surface area (Å²) in [5.74, 6) is 0.121. The van der Waals surface area contributed by atoms with Crippen LogP contribution in [0, 0.1) is 0 Å². The Balaban J connectivity index is 1.88. The first-order chi connectivity index (χ1) is 11.2. The highest BCUT2D eigenvalue weighted by Crippen LogP contribution is 2.16. The molecule has 6 nitrogen and oxygen atoms in total. The summed E-state index contributed by atoms with van der Waals surface area (Å²) in [6, 6.07) is 10.5. The van der Waals surface area contributed by atoms with Gasteiger partial charge in [0, 0.05) is 23.3 Å². The first-order valence-corrected chi connectivity index (χ1v) is 7.06. The molecule has 1 aromatic carbocycles. The van der Waals surface area contributed by atoms with Crippen LogP contribution in [0.25, 0.3) is 10.9 Å². The van der Waals surface area contributed by atoms with Crippen molar-refractivity contribution in [1.29, 1.82) is 0 Å². The SMILES string of the molecule is COc1ccc2[nH]cc(C(=O)NCc3ccccn3)c(=O)c2c1. The highest BCUT2D eigenvalue weighted by molar-refractivity contribution is 5.97. The molecule has 3 aromatic rings. The third kappa shape index (κ3) is 3.06. The maximum Gasteiger partial charge on any atom is 0.257 e. The standard InChI is InChI=1S/C17H15N3O3/c1-23-12-5-6-15-13(8-12)16(21)14(10-19-15)17(22)20-9-11-4-2-3-7-18-11/h2-8,10H,9H2,1H3,(H,19,21)(H,20,22). The third-order valence-electron chi connectivity index (χ3n) is 3.49. The van der Waals surface area contributed by atoms with E-state index in [2.05, 4.69) is 15.3 Å². The number of hydrogen-bond acceptors (Lipinski definition) is 4. The Hall–Kier alpha value is -3.15. The second-order valence-corrected chi connectivity index (χ2v) is 4.95. The van der Waals surface area contributed by atoms with Gasteiger partial charge in [0.25, 0.3) is 5.91 Å². The van der Waals surface area contributed by atoms with Crippen molar-refractivity contribution in [3.05, 3.63) is 70.3 Å². The molecule has 2 heterocycles. The molecule has 0 aliphatic carbocycles. The molecule has 1 amide bonds. The molecule has 116 valence electrons. The number of amides is 1. The number of pyridine rings is 2. The van der Waals surface area contributed by atoms with Crippen LogP contribution in [-0.2, 0) is 6.54 Å². The molecular weight excluding hydrogens is 294 g/mol. The predicted octanol–water partition coefficient (Wildman–Crippen LogP) is 1.86. The Bertz CT molecular complexity index is 904. The maximum atomic E-state index is 12.5.